The Labute approximate surface area is 143 Å². The van der Waals surface area contributed by atoms with Crippen molar-refractivity contribution in [1.82, 2.24) is 19.7 Å². The number of nitrogens with zero attached hydrogens (tertiary/aromatic N) is 5. The number of morpholine rings is 1. The summed E-state index contributed by atoms with van der Waals surface area (Å²) in [5.74, 6) is 1.66. The van der Waals surface area contributed by atoms with Crippen LogP contribution in [0.5, 0.6) is 0 Å². The Balaban J connectivity index is 1.85. The zero-order chi connectivity index (χ0) is 16.9. The van der Waals surface area contributed by atoms with Crippen molar-refractivity contribution in [3.8, 4) is 0 Å². The van der Waals surface area contributed by atoms with Crippen LogP contribution >= 0.6 is 0 Å². The maximum Gasteiger partial charge on any atom is 0.227 e. The molecule has 0 aromatic carbocycles. The molecule has 1 fully saturated rings. The second kappa shape index (κ2) is 7.61. The highest BCUT2D eigenvalue weighted by atomic mass is 16.5. The molecule has 0 aliphatic carbocycles. The van der Waals surface area contributed by atoms with Crippen molar-refractivity contribution in [2.24, 2.45) is 7.05 Å². The lowest BCUT2D eigenvalue weighted by molar-refractivity contribution is 0.122. The number of rotatable bonds is 6. The van der Waals surface area contributed by atoms with Gasteiger partial charge >= 0.3 is 0 Å². The van der Waals surface area contributed by atoms with Gasteiger partial charge in [-0.05, 0) is 18.9 Å². The van der Waals surface area contributed by atoms with Crippen LogP contribution in [0.15, 0.2) is 18.3 Å². The van der Waals surface area contributed by atoms with Gasteiger partial charge in [-0.25, -0.2) is 4.98 Å². The van der Waals surface area contributed by atoms with Crippen molar-refractivity contribution in [1.29, 1.82) is 0 Å². The van der Waals surface area contributed by atoms with Gasteiger partial charge in [0.25, 0.3) is 0 Å². The Morgan fingerprint density at radius 2 is 2.04 bits per heavy atom. The average Bonchev–Trinajstić information content (AvgIpc) is 3.06. The fourth-order valence-corrected chi connectivity index (χ4v) is 2.93. The molecule has 1 atom stereocenters. The molecule has 7 nitrogen and oxygen atoms in total. The number of anilines is 2. The van der Waals surface area contributed by atoms with Gasteiger partial charge < -0.3 is 15.0 Å². The van der Waals surface area contributed by atoms with E-state index in [0.29, 0.717) is 0 Å². The predicted octanol–water partition coefficient (Wildman–Crippen LogP) is 2.17. The summed E-state index contributed by atoms with van der Waals surface area (Å²) in [6.07, 6.45) is 3.67. The van der Waals surface area contributed by atoms with Crippen LogP contribution in [-0.4, -0.2) is 46.1 Å². The van der Waals surface area contributed by atoms with Crippen LogP contribution in [0.1, 0.15) is 37.7 Å². The van der Waals surface area contributed by atoms with E-state index >= 15 is 0 Å². The smallest absolute Gasteiger partial charge is 0.227 e. The summed E-state index contributed by atoms with van der Waals surface area (Å²) >= 11 is 0. The summed E-state index contributed by atoms with van der Waals surface area (Å²) in [6, 6.07) is 4.27. The number of aromatic nitrogens is 4. The molecular formula is C17H26N6O. The molecule has 0 bridgehead atoms. The monoisotopic (exact) mass is 330 g/mol. The lowest BCUT2D eigenvalue weighted by atomic mass is 10.1. The zero-order valence-electron chi connectivity index (χ0n) is 14.7. The van der Waals surface area contributed by atoms with Gasteiger partial charge in [0.2, 0.25) is 5.95 Å². The molecule has 1 aliphatic heterocycles. The van der Waals surface area contributed by atoms with E-state index in [0.717, 1.165) is 62.3 Å². The molecule has 1 saturated heterocycles. The number of hydrogen-bond acceptors (Lipinski definition) is 6. The molecule has 1 N–H and O–H groups in total. The Morgan fingerprint density at radius 3 is 2.67 bits per heavy atom. The molecule has 24 heavy (non-hydrogen) atoms. The number of hydrogen-bond donors (Lipinski definition) is 1. The van der Waals surface area contributed by atoms with Crippen LogP contribution in [0, 0.1) is 0 Å². The van der Waals surface area contributed by atoms with E-state index in [1.165, 1.54) is 0 Å². The van der Waals surface area contributed by atoms with Gasteiger partial charge in [0, 0.05) is 38.1 Å². The molecule has 3 rings (SSSR count). The molecular weight excluding hydrogens is 304 g/mol. The van der Waals surface area contributed by atoms with E-state index in [1.54, 1.807) is 0 Å². The number of aryl methyl sites for hydroxylation is 2. The number of nitrogens with one attached hydrogen (secondary N) is 1. The summed E-state index contributed by atoms with van der Waals surface area (Å²) in [5, 5.41) is 7.83. The summed E-state index contributed by atoms with van der Waals surface area (Å²) < 4.78 is 7.34. The maximum absolute atomic E-state index is 5.43. The normalized spacial score (nSPS) is 16.2. The summed E-state index contributed by atoms with van der Waals surface area (Å²) in [5.41, 5.74) is 2.20. The van der Waals surface area contributed by atoms with Crippen molar-refractivity contribution in [2.45, 2.75) is 32.7 Å². The highest BCUT2D eigenvalue weighted by molar-refractivity contribution is 5.45. The average molecular weight is 330 g/mol. The molecule has 2 aromatic heterocycles. The minimum atomic E-state index is 0.176. The van der Waals surface area contributed by atoms with Gasteiger partial charge in [-0.2, -0.15) is 10.1 Å². The van der Waals surface area contributed by atoms with Crippen molar-refractivity contribution in [2.75, 3.05) is 36.5 Å². The molecule has 3 heterocycles. The maximum atomic E-state index is 5.43. The van der Waals surface area contributed by atoms with Crippen LogP contribution in [0.25, 0.3) is 0 Å². The molecule has 0 amide bonds. The third kappa shape index (κ3) is 3.67. The van der Waals surface area contributed by atoms with Crippen LogP contribution in [0.2, 0.25) is 0 Å². The molecule has 0 saturated carbocycles. The van der Waals surface area contributed by atoms with Crippen LogP contribution in [0.3, 0.4) is 0 Å². The number of ether oxygens (including phenoxy) is 1. The van der Waals surface area contributed by atoms with Crippen molar-refractivity contribution in [3.05, 3.63) is 29.7 Å². The third-order valence-electron chi connectivity index (χ3n) is 4.37. The largest absolute Gasteiger partial charge is 0.378 e. The van der Waals surface area contributed by atoms with Gasteiger partial charge in [0.15, 0.2) is 0 Å². The van der Waals surface area contributed by atoms with Crippen molar-refractivity contribution < 1.29 is 4.74 Å². The Kier molecular flexibility index (Phi) is 5.30. The van der Waals surface area contributed by atoms with E-state index in [4.69, 9.17) is 14.7 Å². The lowest BCUT2D eigenvalue weighted by Gasteiger charge is -2.28. The van der Waals surface area contributed by atoms with E-state index in [1.807, 2.05) is 30.1 Å². The topological polar surface area (TPSA) is 68.1 Å². The Morgan fingerprint density at radius 1 is 1.25 bits per heavy atom. The lowest BCUT2D eigenvalue weighted by Crippen LogP contribution is -2.37. The van der Waals surface area contributed by atoms with Gasteiger partial charge in [-0.15, -0.1) is 0 Å². The first-order valence-electron chi connectivity index (χ1n) is 8.66. The van der Waals surface area contributed by atoms with E-state index in [2.05, 4.69) is 29.2 Å². The first-order valence-corrected chi connectivity index (χ1v) is 8.66. The predicted molar refractivity (Wildman–Crippen MR) is 94.3 cm³/mol. The summed E-state index contributed by atoms with van der Waals surface area (Å²) in [4.78, 5) is 11.6. The first kappa shape index (κ1) is 16.7. The first-order chi connectivity index (χ1) is 11.7. The van der Waals surface area contributed by atoms with Gasteiger partial charge in [0.05, 0.1) is 24.9 Å². The van der Waals surface area contributed by atoms with Crippen LogP contribution in [-0.2, 0) is 18.2 Å². The fraction of sp³-hybridized carbons (Fsp3) is 0.588. The fourth-order valence-electron chi connectivity index (χ4n) is 2.93. The zero-order valence-corrected chi connectivity index (χ0v) is 14.7. The molecule has 2 aromatic rings. The highest BCUT2D eigenvalue weighted by Crippen LogP contribution is 2.23. The third-order valence-corrected chi connectivity index (χ3v) is 4.37. The molecule has 1 unspecified atom stereocenters. The molecule has 1 aliphatic rings. The van der Waals surface area contributed by atoms with E-state index in [9.17, 15) is 0 Å². The molecule has 7 heteroatoms. The molecule has 130 valence electrons. The summed E-state index contributed by atoms with van der Waals surface area (Å²) in [7, 11) is 1.97. The van der Waals surface area contributed by atoms with Crippen LogP contribution in [0.4, 0.5) is 11.8 Å². The van der Waals surface area contributed by atoms with Gasteiger partial charge in [0.1, 0.15) is 5.82 Å². The molecule has 0 radical (unpaired) electrons. The summed E-state index contributed by atoms with van der Waals surface area (Å²) in [6.45, 7) is 7.42. The second-order valence-electron chi connectivity index (χ2n) is 5.98. The van der Waals surface area contributed by atoms with Gasteiger partial charge in [-0.1, -0.05) is 13.8 Å². The Bertz CT molecular complexity index is 665. The molecule has 0 spiro atoms. The van der Waals surface area contributed by atoms with Crippen molar-refractivity contribution >= 4 is 11.8 Å². The standard InChI is InChI=1S/C17H26N6O/c1-4-13-12-16(20-14(5-2)15-6-7-18-22(15)3)21-17(19-13)23-8-10-24-11-9-23/h6-7,12,14H,4-5,8-11H2,1-3H3,(H,19,20,21). The SMILES string of the molecule is CCc1cc(NC(CC)c2ccnn2C)nc(N2CCOCC2)n1. The van der Waals surface area contributed by atoms with E-state index < -0.39 is 0 Å². The van der Waals surface area contributed by atoms with Crippen LogP contribution < -0.4 is 10.2 Å². The second-order valence-corrected chi connectivity index (χ2v) is 5.98. The van der Waals surface area contributed by atoms with E-state index in [-0.39, 0.29) is 6.04 Å². The minimum absolute atomic E-state index is 0.176. The highest BCUT2D eigenvalue weighted by Gasteiger charge is 2.18. The van der Waals surface area contributed by atoms with Gasteiger partial charge in [-0.3, -0.25) is 4.68 Å². The minimum Gasteiger partial charge on any atom is -0.378 e. The quantitative estimate of drug-likeness (QED) is 0.875. The Hall–Kier alpha value is -2.15. The van der Waals surface area contributed by atoms with Crippen molar-refractivity contribution in [3.63, 3.8) is 0 Å².